The van der Waals surface area contributed by atoms with Gasteiger partial charge in [0.05, 0.1) is 36.6 Å². The van der Waals surface area contributed by atoms with Gasteiger partial charge in [-0.05, 0) is 31.7 Å². The molecule has 0 amide bonds. The highest BCUT2D eigenvalue weighted by molar-refractivity contribution is 5.35. The molecule has 1 saturated heterocycles. The standard InChI is InChI=1S/C25H41NO6/c1-6-26-11-23(12-29-2)8-7-16(31-4)25-14-9-13-15(30-3)10-24(28,17(14)19(13)27)18(22(25)26)20(32-5)21(23)25/h13-22,27-28H,6-12H2,1-5H3/t13-,14-,15+,16+,17-,18+,19+,20+,21-,22-,23+,24-,25+/m1/s1. The van der Waals surface area contributed by atoms with Gasteiger partial charge < -0.3 is 29.2 Å². The van der Waals surface area contributed by atoms with Crippen molar-refractivity contribution in [1.82, 2.24) is 4.90 Å². The van der Waals surface area contributed by atoms with E-state index in [9.17, 15) is 10.2 Å². The zero-order valence-electron chi connectivity index (χ0n) is 20.2. The lowest BCUT2D eigenvalue weighted by Gasteiger charge is -2.69. The van der Waals surface area contributed by atoms with E-state index in [2.05, 4.69) is 11.8 Å². The van der Waals surface area contributed by atoms with Crippen LogP contribution in [0.5, 0.6) is 0 Å². The molecule has 32 heavy (non-hydrogen) atoms. The van der Waals surface area contributed by atoms with Crippen LogP contribution in [0.25, 0.3) is 0 Å². The Balaban J connectivity index is 1.63. The Morgan fingerprint density at radius 3 is 2.47 bits per heavy atom. The maximum atomic E-state index is 12.6. The molecule has 5 aliphatic carbocycles. The number of likely N-dealkylation sites (tertiary alicyclic amines) is 1. The fourth-order valence-corrected chi connectivity index (χ4v) is 11.0. The van der Waals surface area contributed by atoms with Gasteiger partial charge in [-0.15, -0.1) is 0 Å². The SMILES string of the molecule is CCN1C[C@]2(COC)CC[C@H](OC)[C@@]34[C@@H]5C[C@H]6[C@H](O)[C@@H]5[C@](O)(C[C@@H]6OC)[C@@H]([C@H](OC)[C@H]23)[C@@H]14. The van der Waals surface area contributed by atoms with Crippen LogP contribution in [0.1, 0.15) is 32.6 Å². The summed E-state index contributed by atoms with van der Waals surface area (Å²) in [7, 11) is 7.23. The van der Waals surface area contributed by atoms with Gasteiger partial charge in [-0.1, -0.05) is 6.92 Å². The number of hydrogen-bond acceptors (Lipinski definition) is 7. The maximum Gasteiger partial charge on any atom is 0.0796 e. The maximum absolute atomic E-state index is 12.6. The summed E-state index contributed by atoms with van der Waals surface area (Å²) in [5, 5.41) is 24.1. The molecule has 13 atom stereocenters. The first-order valence-corrected chi connectivity index (χ1v) is 12.6. The Morgan fingerprint density at radius 2 is 1.84 bits per heavy atom. The van der Waals surface area contributed by atoms with Crippen LogP contribution < -0.4 is 0 Å². The molecule has 1 aliphatic heterocycles. The molecule has 1 heterocycles. The van der Waals surface area contributed by atoms with Gasteiger partial charge in [0, 0.05) is 81.9 Å². The highest BCUT2D eigenvalue weighted by Crippen LogP contribution is 2.79. The van der Waals surface area contributed by atoms with E-state index in [1.165, 1.54) is 0 Å². The van der Waals surface area contributed by atoms with E-state index in [1.807, 2.05) is 21.3 Å². The Kier molecular flexibility index (Phi) is 4.94. The molecule has 6 fully saturated rings. The highest BCUT2D eigenvalue weighted by Gasteiger charge is 2.86. The van der Waals surface area contributed by atoms with E-state index in [0.717, 1.165) is 32.4 Å². The second kappa shape index (κ2) is 7.12. The topological polar surface area (TPSA) is 80.6 Å². The van der Waals surface area contributed by atoms with Crippen LogP contribution >= 0.6 is 0 Å². The first-order valence-electron chi connectivity index (χ1n) is 12.6. The molecule has 0 radical (unpaired) electrons. The summed E-state index contributed by atoms with van der Waals surface area (Å²) in [6, 6.07) is 0.186. The third kappa shape index (κ3) is 2.19. The number of ether oxygens (including phenoxy) is 4. The van der Waals surface area contributed by atoms with E-state index in [-0.39, 0.29) is 64.8 Å². The van der Waals surface area contributed by atoms with Crippen molar-refractivity contribution in [2.24, 2.45) is 40.4 Å². The van der Waals surface area contributed by atoms with Gasteiger partial charge >= 0.3 is 0 Å². The average molecular weight is 452 g/mol. The Bertz CT molecular complexity index is 767. The van der Waals surface area contributed by atoms with E-state index in [0.29, 0.717) is 13.0 Å². The summed E-state index contributed by atoms with van der Waals surface area (Å²) in [5.41, 5.74) is -1.18. The summed E-state index contributed by atoms with van der Waals surface area (Å²) in [6.07, 6.45) is 2.89. The first kappa shape index (κ1) is 22.2. The number of fused-ring (bicyclic) bond motifs is 2. The number of nitrogens with zero attached hydrogens (tertiary/aromatic N) is 1. The predicted molar refractivity (Wildman–Crippen MR) is 117 cm³/mol. The van der Waals surface area contributed by atoms with Gasteiger partial charge in [-0.25, -0.2) is 0 Å². The predicted octanol–water partition coefficient (Wildman–Crippen LogP) is 1.16. The molecule has 5 saturated carbocycles. The lowest BCUT2D eigenvalue weighted by atomic mass is 9.43. The molecular weight excluding hydrogens is 410 g/mol. The summed E-state index contributed by atoms with van der Waals surface area (Å²) in [5.74, 6) is 0.310. The van der Waals surface area contributed by atoms with Crippen molar-refractivity contribution in [2.45, 2.75) is 68.7 Å². The van der Waals surface area contributed by atoms with E-state index >= 15 is 0 Å². The number of piperidine rings is 1. The Morgan fingerprint density at radius 1 is 1.06 bits per heavy atom. The lowest BCUT2D eigenvalue weighted by Crippen LogP contribution is -2.76. The molecule has 6 rings (SSSR count). The fourth-order valence-electron chi connectivity index (χ4n) is 11.0. The van der Waals surface area contributed by atoms with E-state index < -0.39 is 11.7 Å². The quantitative estimate of drug-likeness (QED) is 0.627. The molecule has 0 aromatic carbocycles. The van der Waals surface area contributed by atoms with Gasteiger partial charge in [-0.3, -0.25) is 4.90 Å². The van der Waals surface area contributed by atoms with Gasteiger partial charge in [0.2, 0.25) is 0 Å². The number of aliphatic hydroxyl groups excluding tert-OH is 1. The third-order valence-electron chi connectivity index (χ3n) is 11.4. The molecule has 182 valence electrons. The van der Waals surface area contributed by atoms with Crippen LogP contribution in [0.2, 0.25) is 0 Å². The second-order valence-corrected chi connectivity index (χ2v) is 11.8. The van der Waals surface area contributed by atoms with Crippen molar-refractivity contribution in [1.29, 1.82) is 0 Å². The van der Waals surface area contributed by atoms with Gasteiger partial charge in [0.1, 0.15) is 0 Å². The number of aliphatic hydroxyl groups is 2. The molecule has 0 unspecified atom stereocenters. The summed E-state index contributed by atoms with van der Waals surface area (Å²) in [4.78, 5) is 2.62. The minimum absolute atomic E-state index is 0.0234. The number of rotatable bonds is 6. The molecule has 6 aliphatic rings. The van der Waals surface area contributed by atoms with Crippen molar-refractivity contribution in [3.8, 4) is 0 Å². The first-order chi connectivity index (χ1) is 15.4. The van der Waals surface area contributed by atoms with Crippen LogP contribution in [0.3, 0.4) is 0 Å². The molecule has 0 aromatic rings. The normalized spacial score (nSPS) is 60.1. The smallest absolute Gasteiger partial charge is 0.0796 e. The van der Waals surface area contributed by atoms with Crippen LogP contribution in [-0.4, -0.2) is 99.3 Å². The Labute approximate surface area is 191 Å². The summed E-state index contributed by atoms with van der Waals surface area (Å²) >= 11 is 0. The van der Waals surface area contributed by atoms with Crippen LogP contribution in [-0.2, 0) is 18.9 Å². The molecule has 7 bridgehead atoms. The molecule has 7 heteroatoms. The van der Waals surface area contributed by atoms with Crippen LogP contribution in [0, 0.1) is 40.4 Å². The van der Waals surface area contributed by atoms with E-state index in [1.54, 1.807) is 7.11 Å². The minimum atomic E-state index is -0.999. The minimum Gasteiger partial charge on any atom is -0.392 e. The highest BCUT2D eigenvalue weighted by atomic mass is 16.5. The van der Waals surface area contributed by atoms with Crippen LogP contribution in [0.15, 0.2) is 0 Å². The van der Waals surface area contributed by atoms with E-state index in [4.69, 9.17) is 18.9 Å². The third-order valence-corrected chi connectivity index (χ3v) is 11.4. The van der Waals surface area contributed by atoms with Crippen molar-refractivity contribution >= 4 is 0 Å². The van der Waals surface area contributed by atoms with Crippen molar-refractivity contribution in [3.05, 3.63) is 0 Å². The van der Waals surface area contributed by atoms with Crippen LogP contribution in [0.4, 0.5) is 0 Å². The monoisotopic (exact) mass is 451 g/mol. The van der Waals surface area contributed by atoms with Gasteiger partial charge in [-0.2, -0.15) is 0 Å². The summed E-state index contributed by atoms with van der Waals surface area (Å²) in [6.45, 7) is 4.86. The van der Waals surface area contributed by atoms with Crippen molar-refractivity contribution in [2.75, 3.05) is 48.1 Å². The average Bonchev–Trinajstić information content (AvgIpc) is 3.19. The lowest BCUT2D eigenvalue weighted by molar-refractivity contribution is -0.276. The second-order valence-electron chi connectivity index (χ2n) is 11.8. The zero-order valence-corrected chi connectivity index (χ0v) is 20.2. The molecule has 2 N–H and O–H groups in total. The number of hydrogen-bond donors (Lipinski definition) is 2. The molecule has 7 nitrogen and oxygen atoms in total. The molecular formula is C25H41NO6. The van der Waals surface area contributed by atoms with Crippen molar-refractivity contribution in [3.63, 3.8) is 0 Å². The zero-order chi connectivity index (χ0) is 22.6. The largest absolute Gasteiger partial charge is 0.392 e. The Hall–Kier alpha value is -0.280. The van der Waals surface area contributed by atoms with Gasteiger partial charge in [0.25, 0.3) is 0 Å². The fraction of sp³-hybridized carbons (Fsp3) is 1.00. The molecule has 1 spiro atoms. The van der Waals surface area contributed by atoms with Crippen molar-refractivity contribution < 1.29 is 29.2 Å². The summed E-state index contributed by atoms with van der Waals surface area (Å²) < 4.78 is 24.5. The molecule has 0 aromatic heterocycles. The number of methoxy groups -OCH3 is 4. The van der Waals surface area contributed by atoms with Gasteiger partial charge in [0.15, 0.2) is 0 Å².